The van der Waals surface area contributed by atoms with Gasteiger partial charge in [0.1, 0.15) is 0 Å². The molecule has 0 saturated heterocycles. The van der Waals surface area contributed by atoms with Crippen LogP contribution in [0, 0.1) is 6.92 Å². The van der Waals surface area contributed by atoms with Crippen LogP contribution in [0.4, 0.5) is 18.9 Å². The quantitative estimate of drug-likeness (QED) is 0.849. The molecule has 0 aliphatic rings. The molecule has 6 heteroatoms. The molecule has 0 bridgehead atoms. The second-order valence-corrected chi connectivity index (χ2v) is 3.79. The van der Waals surface area contributed by atoms with Crippen LogP contribution in [0.1, 0.15) is 11.3 Å². The lowest BCUT2D eigenvalue weighted by Crippen LogP contribution is -2.08. The third-order valence-electron chi connectivity index (χ3n) is 2.53. The number of aromatic nitrogens is 2. The summed E-state index contributed by atoms with van der Waals surface area (Å²) < 4.78 is 38.5. The van der Waals surface area contributed by atoms with E-state index >= 15 is 0 Å². The summed E-state index contributed by atoms with van der Waals surface area (Å²) in [4.78, 5) is 7.77. The number of halogens is 3. The van der Waals surface area contributed by atoms with Gasteiger partial charge in [-0.05, 0) is 25.1 Å². The molecule has 2 aromatic heterocycles. The molecule has 0 saturated carbocycles. The number of nitrogens with two attached hydrogens (primary N) is 1. The Hall–Kier alpha value is -2.11. The van der Waals surface area contributed by atoms with E-state index in [-0.39, 0.29) is 11.3 Å². The maximum Gasteiger partial charge on any atom is 0.417 e. The van der Waals surface area contributed by atoms with Crippen LogP contribution in [0.3, 0.4) is 0 Å². The highest BCUT2D eigenvalue weighted by Crippen LogP contribution is 2.35. The first-order valence-electron chi connectivity index (χ1n) is 5.14. The fourth-order valence-corrected chi connectivity index (χ4v) is 1.57. The SMILES string of the molecule is Cc1nc(-c2cnccc2C(F)(F)F)ccc1N. The molecule has 3 nitrogen and oxygen atoms in total. The molecule has 0 amide bonds. The molecule has 0 aromatic carbocycles. The number of nitrogen functional groups attached to an aromatic ring is 1. The summed E-state index contributed by atoms with van der Waals surface area (Å²) in [6.45, 7) is 1.64. The van der Waals surface area contributed by atoms with Gasteiger partial charge in [0.15, 0.2) is 0 Å². The van der Waals surface area contributed by atoms with E-state index in [0.29, 0.717) is 11.4 Å². The summed E-state index contributed by atoms with van der Waals surface area (Å²) in [6, 6.07) is 3.92. The highest BCUT2D eigenvalue weighted by Gasteiger charge is 2.33. The fraction of sp³-hybridized carbons (Fsp3) is 0.167. The van der Waals surface area contributed by atoms with Gasteiger partial charge in [0, 0.05) is 18.0 Å². The number of alkyl halides is 3. The highest BCUT2D eigenvalue weighted by atomic mass is 19.4. The number of rotatable bonds is 1. The first-order chi connectivity index (χ1) is 8.39. The van der Waals surface area contributed by atoms with Crippen LogP contribution in [-0.2, 0) is 6.18 Å². The molecule has 2 rings (SSSR count). The molecule has 0 fully saturated rings. The van der Waals surface area contributed by atoms with E-state index in [0.717, 1.165) is 18.5 Å². The molecular formula is C12H10F3N3. The summed E-state index contributed by atoms with van der Waals surface area (Å²) in [5, 5.41) is 0. The van der Waals surface area contributed by atoms with Gasteiger partial charge in [-0.3, -0.25) is 9.97 Å². The molecular weight excluding hydrogens is 243 g/mol. The van der Waals surface area contributed by atoms with Crippen LogP contribution in [-0.4, -0.2) is 9.97 Å². The number of hydrogen-bond acceptors (Lipinski definition) is 3. The molecule has 0 unspecified atom stereocenters. The molecule has 0 spiro atoms. The summed E-state index contributed by atoms with van der Waals surface area (Å²) >= 11 is 0. The third kappa shape index (κ3) is 2.27. The van der Waals surface area contributed by atoms with E-state index in [4.69, 9.17) is 5.73 Å². The van der Waals surface area contributed by atoms with Gasteiger partial charge >= 0.3 is 6.18 Å². The van der Waals surface area contributed by atoms with Gasteiger partial charge in [0.25, 0.3) is 0 Å². The maximum atomic E-state index is 12.8. The van der Waals surface area contributed by atoms with Gasteiger partial charge < -0.3 is 5.73 Å². The standard InChI is InChI=1S/C12H10F3N3/c1-7-10(16)2-3-11(18-7)8-6-17-5-4-9(8)12(13,14)15/h2-6H,16H2,1H3. The lowest BCUT2D eigenvalue weighted by molar-refractivity contribution is -0.137. The first kappa shape index (κ1) is 12.3. The molecule has 0 aliphatic heterocycles. The van der Waals surface area contributed by atoms with Crippen LogP contribution >= 0.6 is 0 Å². The number of anilines is 1. The highest BCUT2D eigenvalue weighted by molar-refractivity contribution is 5.65. The van der Waals surface area contributed by atoms with Crippen molar-refractivity contribution in [2.75, 3.05) is 5.73 Å². The molecule has 0 radical (unpaired) electrons. The molecule has 0 atom stereocenters. The number of nitrogens with zero attached hydrogens (tertiary/aromatic N) is 2. The average molecular weight is 253 g/mol. The van der Waals surface area contributed by atoms with Crippen LogP contribution in [0.25, 0.3) is 11.3 Å². The topological polar surface area (TPSA) is 51.8 Å². The predicted molar refractivity (Wildman–Crippen MR) is 61.6 cm³/mol. The lowest BCUT2D eigenvalue weighted by atomic mass is 10.1. The van der Waals surface area contributed by atoms with E-state index in [1.165, 1.54) is 12.1 Å². The van der Waals surface area contributed by atoms with E-state index < -0.39 is 11.7 Å². The van der Waals surface area contributed by atoms with Crippen molar-refractivity contribution in [3.8, 4) is 11.3 Å². The van der Waals surface area contributed by atoms with Gasteiger partial charge in [0.2, 0.25) is 0 Å². The Balaban J connectivity index is 2.61. The Morgan fingerprint density at radius 1 is 1.17 bits per heavy atom. The van der Waals surface area contributed by atoms with Crippen molar-refractivity contribution in [2.24, 2.45) is 0 Å². The Labute approximate surface area is 101 Å². The Bertz CT molecular complexity index is 579. The second kappa shape index (κ2) is 4.29. The smallest absolute Gasteiger partial charge is 0.397 e. The Kier molecular flexibility index (Phi) is 2.94. The predicted octanol–water partition coefficient (Wildman–Crippen LogP) is 3.05. The van der Waals surface area contributed by atoms with Crippen molar-refractivity contribution < 1.29 is 13.2 Å². The van der Waals surface area contributed by atoms with Crippen molar-refractivity contribution in [3.05, 3.63) is 41.9 Å². The van der Waals surface area contributed by atoms with Crippen molar-refractivity contribution in [2.45, 2.75) is 13.1 Å². The zero-order valence-corrected chi connectivity index (χ0v) is 9.49. The molecule has 2 N–H and O–H groups in total. The monoisotopic (exact) mass is 253 g/mol. The van der Waals surface area contributed by atoms with Gasteiger partial charge in [-0.2, -0.15) is 13.2 Å². The van der Waals surface area contributed by atoms with Crippen LogP contribution in [0.15, 0.2) is 30.6 Å². The average Bonchev–Trinajstić information content (AvgIpc) is 2.32. The molecule has 94 valence electrons. The Morgan fingerprint density at radius 3 is 2.50 bits per heavy atom. The van der Waals surface area contributed by atoms with E-state index in [1.807, 2.05) is 0 Å². The zero-order chi connectivity index (χ0) is 13.3. The minimum absolute atomic E-state index is 0.0481. The van der Waals surface area contributed by atoms with E-state index in [1.54, 1.807) is 6.92 Å². The number of pyridine rings is 2. The van der Waals surface area contributed by atoms with Crippen molar-refractivity contribution in [1.29, 1.82) is 0 Å². The number of aryl methyl sites for hydroxylation is 1. The van der Waals surface area contributed by atoms with Crippen molar-refractivity contribution >= 4 is 5.69 Å². The first-order valence-corrected chi connectivity index (χ1v) is 5.14. The van der Waals surface area contributed by atoms with E-state index in [9.17, 15) is 13.2 Å². The van der Waals surface area contributed by atoms with Crippen LogP contribution in [0.5, 0.6) is 0 Å². The third-order valence-corrected chi connectivity index (χ3v) is 2.53. The summed E-state index contributed by atoms with van der Waals surface area (Å²) in [5.41, 5.74) is 5.93. The van der Waals surface area contributed by atoms with Crippen LogP contribution in [0.2, 0.25) is 0 Å². The largest absolute Gasteiger partial charge is 0.417 e. The van der Waals surface area contributed by atoms with E-state index in [2.05, 4.69) is 9.97 Å². The molecule has 0 aliphatic carbocycles. The maximum absolute atomic E-state index is 12.8. The molecule has 2 heterocycles. The van der Waals surface area contributed by atoms with Gasteiger partial charge in [-0.1, -0.05) is 0 Å². The summed E-state index contributed by atoms with van der Waals surface area (Å²) in [6.07, 6.45) is -2.17. The minimum Gasteiger partial charge on any atom is -0.397 e. The van der Waals surface area contributed by atoms with Crippen molar-refractivity contribution in [1.82, 2.24) is 9.97 Å². The van der Waals surface area contributed by atoms with Crippen LogP contribution < -0.4 is 5.73 Å². The zero-order valence-electron chi connectivity index (χ0n) is 9.49. The minimum atomic E-state index is -4.44. The van der Waals surface area contributed by atoms with Gasteiger partial charge in [-0.25, -0.2) is 0 Å². The van der Waals surface area contributed by atoms with Gasteiger partial charge in [0.05, 0.1) is 22.6 Å². The molecule has 2 aromatic rings. The summed E-state index contributed by atoms with van der Waals surface area (Å²) in [5.74, 6) is 0. The lowest BCUT2D eigenvalue weighted by Gasteiger charge is -2.12. The second-order valence-electron chi connectivity index (χ2n) is 3.79. The number of hydrogen-bond donors (Lipinski definition) is 1. The summed E-state index contributed by atoms with van der Waals surface area (Å²) in [7, 11) is 0. The molecule has 18 heavy (non-hydrogen) atoms. The van der Waals surface area contributed by atoms with Gasteiger partial charge in [-0.15, -0.1) is 0 Å². The van der Waals surface area contributed by atoms with Crippen molar-refractivity contribution in [3.63, 3.8) is 0 Å². The fourth-order valence-electron chi connectivity index (χ4n) is 1.57. The Morgan fingerprint density at radius 2 is 1.89 bits per heavy atom. The normalized spacial score (nSPS) is 11.6.